The predicted molar refractivity (Wildman–Crippen MR) is 112 cm³/mol. The number of aromatic hydroxyl groups is 1. The quantitative estimate of drug-likeness (QED) is 0.499. The van der Waals surface area contributed by atoms with Gasteiger partial charge in [0.1, 0.15) is 17.1 Å². The van der Waals surface area contributed by atoms with Crippen molar-refractivity contribution in [1.82, 2.24) is 18.9 Å². The molecule has 0 aliphatic heterocycles. The third-order valence-electron chi connectivity index (χ3n) is 5.00. The molecule has 0 bridgehead atoms. The minimum atomic E-state index is -0.112. The zero-order valence-electron chi connectivity index (χ0n) is 16.2. The van der Waals surface area contributed by atoms with Crippen molar-refractivity contribution in [3.05, 3.63) is 95.1 Å². The van der Waals surface area contributed by atoms with Crippen LogP contribution in [0.2, 0.25) is 0 Å². The number of rotatable bonds is 4. The Labute approximate surface area is 171 Å². The van der Waals surface area contributed by atoms with Gasteiger partial charge in [-0.3, -0.25) is 9.20 Å². The summed E-state index contributed by atoms with van der Waals surface area (Å²) in [5.41, 5.74) is 3.78. The lowest BCUT2D eigenvalue weighted by Gasteiger charge is -2.09. The Bertz CT molecular complexity index is 1400. The second kappa shape index (κ2) is 7.04. The molecule has 30 heavy (non-hydrogen) atoms. The van der Waals surface area contributed by atoms with E-state index in [4.69, 9.17) is 9.40 Å². The standard InChI is InChI=1S/C23H18N4O3/c1-26-13-16(9-10-20(26)28)21-22-25-18(12-17-8-5-11-30-17)23(29)27(22)14-19(24-21)15-6-3-2-4-7-15/h2-11,13-14,29H,12H2,1H3. The van der Waals surface area contributed by atoms with Gasteiger partial charge in [-0.2, -0.15) is 0 Å². The molecule has 7 heteroatoms. The highest BCUT2D eigenvalue weighted by Crippen LogP contribution is 2.31. The first kappa shape index (κ1) is 17.9. The molecule has 0 unspecified atom stereocenters. The fourth-order valence-electron chi connectivity index (χ4n) is 3.45. The first-order valence-electron chi connectivity index (χ1n) is 9.46. The van der Waals surface area contributed by atoms with Gasteiger partial charge in [-0.05, 0) is 18.2 Å². The van der Waals surface area contributed by atoms with Gasteiger partial charge in [0.05, 0.1) is 18.4 Å². The van der Waals surface area contributed by atoms with E-state index >= 15 is 0 Å². The highest BCUT2D eigenvalue weighted by Gasteiger charge is 2.19. The van der Waals surface area contributed by atoms with Crippen molar-refractivity contribution in [1.29, 1.82) is 0 Å². The van der Waals surface area contributed by atoms with E-state index in [1.807, 2.05) is 36.4 Å². The summed E-state index contributed by atoms with van der Waals surface area (Å²) in [7, 11) is 1.69. The van der Waals surface area contributed by atoms with E-state index in [0.717, 1.165) is 11.1 Å². The fraction of sp³-hybridized carbons (Fsp3) is 0.0870. The average molecular weight is 398 g/mol. The monoisotopic (exact) mass is 398 g/mol. The van der Waals surface area contributed by atoms with Gasteiger partial charge in [0.2, 0.25) is 11.4 Å². The Hall–Kier alpha value is -4.13. The molecule has 4 heterocycles. The minimum Gasteiger partial charge on any atom is -0.493 e. The molecule has 5 aromatic rings. The number of nitrogens with zero attached hydrogens (tertiary/aromatic N) is 4. The molecule has 0 aliphatic rings. The number of benzene rings is 1. The SMILES string of the molecule is Cn1cc(-c2nc(-c3ccccc3)cn3c(O)c(Cc4ccco4)nc23)ccc1=O. The van der Waals surface area contributed by atoms with E-state index in [2.05, 4.69) is 4.98 Å². The lowest BCUT2D eigenvalue weighted by molar-refractivity contribution is 0.438. The Morgan fingerprint density at radius 3 is 2.53 bits per heavy atom. The van der Waals surface area contributed by atoms with Crippen LogP contribution in [0.5, 0.6) is 5.88 Å². The van der Waals surface area contributed by atoms with Gasteiger partial charge < -0.3 is 14.1 Å². The lowest BCUT2D eigenvalue weighted by atomic mass is 10.1. The fourth-order valence-corrected chi connectivity index (χ4v) is 3.45. The van der Waals surface area contributed by atoms with Crippen LogP contribution < -0.4 is 5.56 Å². The number of aromatic nitrogens is 4. The first-order chi connectivity index (χ1) is 14.6. The third kappa shape index (κ3) is 3.06. The van der Waals surface area contributed by atoms with Gasteiger partial charge in [-0.15, -0.1) is 0 Å². The molecule has 148 valence electrons. The second-order valence-corrected chi connectivity index (χ2v) is 7.04. The minimum absolute atomic E-state index is 0.0343. The number of pyridine rings is 1. The molecule has 0 saturated carbocycles. The largest absolute Gasteiger partial charge is 0.493 e. The van der Waals surface area contributed by atoms with Crippen LogP contribution >= 0.6 is 0 Å². The zero-order valence-corrected chi connectivity index (χ0v) is 16.2. The molecule has 5 rings (SSSR count). The maximum absolute atomic E-state index is 11.9. The first-order valence-corrected chi connectivity index (χ1v) is 9.46. The van der Waals surface area contributed by atoms with E-state index in [1.165, 1.54) is 10.6 Å². The Morgan fingerprint density at radius 2 is 1.80 bits per heavy atom. The smallest absolute Gasteiger partial charge is 0.250 e. The van der Waals surface area contributed by atoms with Crippen LogP contribution in [0.15, 0.2) is 82.5 Å². The van der Waals surface area contributed by atoms with Gasteiger partial charge >= 0.3 is 0 Å². The molecular formula is C23H18N4O3. The topological polar surface area (TPSA) is 85.6 Å². The van der Waals surface area contributed by atoms with Crippen LogP contribution in [0.25, 0.3) is 28.2 Å². The van der Waals surface area contributed by atoms with Crippen LogP contribution in [0, 0.1) is 0 Å². The number of hydrogen-bond donors (Lipinski definition) is 1. The second-order valence-electron chi connectivity index (χ2n) is 7.04. The summed E-state index contributed by atoms with van der Waals surface area (Å²) < 4.78 is 8.54. The molecule has 1 N–H and O–H groups in total. The van der Waals surface area contributed by atoms with Gasteiger partial charge in [0.25, 0.3) is 0 Å². The van der Waals surface area contributed by atoms with Crippen LogP contribution in [0.4, 0.5) is 0 Å². The number of hydrogen-bond acceptors (Lipinski definition) is 5. The molecule has 0 spiro atoms. The van der Waals surface area contributed by atoms with Crippen LogP contribution in [0.3, 0.4) is 0 Å². The predicted octanol–water partition coefficient (Wildman–Crippen LogP) is 3.65. The van der Waals surface area contributed by atoms with Crippen LogP contribution in [-0.2, 0) is 13.5 Å². The summed E-state index contributed by atoms with van der Waals surface area (Å²) in [5.74, 6) is 0.737. The Balaban J connectivity index is 1.76. The van der Waals surface area contributed by atoms with Crippen LogP contribution in [0.1, 0.15) is 11.5 Å². The molecule has 1 aromatic carbocycles. The van der Waals surface area contributed by atoms with E-state index in [9.17, 15) is 9.90 Å². The Morgan fingerprint density at radius 1 is 0.967 bits per heavy atom. The molecular weight excluding hydrogens is 380 g/mol. The van der Waals surface area contributed by atoms with E-state index < -0.39 is 0 Å². The number of aryl methyl sites for hydroxylation is 1. The summed E-state index contributed by atoms with van der Waals surface area (Å²) in [5, 5.41) is 10.9. The van der Waals surface area contributed by atoms with Crippen molar-refractivity contribution >= 4 is 5.65 Å². The van der Waals surface area contributed by atoms with Crippen molar-refractivity contribution in [3.8, 4) is 28.4 Å². The van der Waals surface area contributed by atoms with E-state index in [-0.39, 0.29) is 11.4 Å². The van der Waals surface area contributed by atoms with E-state index in [1.54, 1.807) is 42.2 Å². The maximum atomic E-state index is 11.9. The summed E-state index contributed by atoms with van der Waals surface area (Å²) in [4.78, 5) is 21.3. The molecule has 7 nitrogen and oxygen atoms in total. The molecule has 0 radical (unpaired) electrons. The van der Waals surface area contributed by atoms with Gasteiger partial charge in [0.15, 0.2) is 5.65 Å². The van der Waals surface area contributed by atoms with Crippen molar-refractivity contribution in [3.63, 3.8) is 0 Å². The lowest BCUT2D eigenvalue weighted by Crippen LogP contribution is -2.14. The van der Waals surface area contributed by atoms with Gasteiger partial charge in [0, 0.05) is 36.6 Å². The Kier molecular flexibility index (Phi) is 4.21. The number of fused-ring (bicyclic) bond motifs is 1. The van der Waals surface area contributed by atoms with Crippen LogP contribution in [-0.4, -0.2) is 24.0 Å². The molecule has 0 fully saturated rings. The third-order valence-corrected chi connectivity index (χ3v) is 5.00. The maximum Gasteiger partial charge on any atom is 0.250 e. The van der Waals surface area contributed by atoms with E-state index in [0.29, 0.717) is 34.9 Å². The summed E-state index contributed by atoms with van der Waals surface area (Å²) >= 11 is 0. The van der Waals surface area contributed by atoms with Crippen molar-refractivity contribution in [2.45, 2.75) is 6.42 Å². The summed E-state index contributed by atoms with van der Waals surface area (Å²) in [6.45, 7) is 0. The highest BCUT2D eigenvalue weighted by atomic mass is 16.3. The number of imidazole rings is 1. The molecule has 0 amide bonds. The van der Waals surface area contributed by atoms with Gasteiger partial charge in [-0.1, -0.05) is 30.3 Å². The molecule has 4 aromatic heterocycles. The molecule has 0 atom stereocenters. The number of furan rings is 1. The van der Waals surface area contributed by atoms with Crippen molar-refractivity contribution in [2.24, 2.45) is 7.05 Å². The normalized spacial score (nSPS) is 11.2. The molecule has 0 saturated heterocycles. The van der Waals surface area contributed by atoms with Crippen molar-refractivity contribution < 1.29 is 9.52 Å². The van der Waals surface area contributed by atoms with Gasteiger partial charge in [-0.25, -0.2) is 9.97 Å². The van der Waals surface area contributed by atoms with Crippen molar-refractivity contribution in [2.75, 3.05) is 0 Å². The summed E-state index contributed by atoms with van der Waals surface area (Å²) in [6.07, 6.45) is 5.43. The zero-order chi connectivity index (χ0) is 20.7. The summed E-state index contributed by atoms with van der Waals surface area (Å²) in [6, 6.07) is 16.6. The molecule has 0 aliphatic carbocycles. The average Bonchev–Trinajstić information content (AvgIpc) is 3.39. The highest BCUT2D eigenvalue weighted by molar-refractivity contribution is 5.77.